The molecule has 40 heavy (non-hydrogen) atoms. The van der Waals surface area contributed by atoms with Crippen molar-refractivity contribution in [1.29, 1.82) is 0 Å². The largest absolute Gasteiger partial charge is 0.492 e. The molecule has 0 aliphatic heterocycles. The van der Waals surface area contributed by atoms with Crippen molar-refractivity contribution in [1.82, 2.24) is 14.8 Å². The van der Waals surface area contributed by atoms with Crippen LogP contribution in [0, 0.1) is 0 Å². The number of sulfonamides is 1. The predicted molar refractivity (Wildman–Crippen MR) is 158 cm³/mol. The van der Waals surface area contributed by atoms with E-state index in [4.69, 9.17) is 9.72 Å². The van der Waals surface area contributed by atoms with Crippen LogP contribution >= 0.6 is 11.3 Å². The third-order valence-electron chi connectivity index (χ3n) is 6.28. The number of aromatic nitrogens is 3. The van der Waals surface area contributed by atoms with Crippen LogP contribution in [-0.4, -0.2) is 48.8 Å². The number of thiazole rings is 1. The van der Waals surface area contributed by atoms with Crippen LogP contribution in [-0.2, 0) is 16.6 Å². The van der Waals surface area contributed by atoms with Crippen LogP contribution in [0.2, 0.25) is 0 Å². The van der Waals surface area contributed by atoms with Crippen LogP contribution in [0.1, 0.15) is 24.2 Å². The molecule has 0 saturated heterocycles. The molecule has 0 fully saturated rings. The van der Waals surface area contributed by atoms with E-state index in [2.05, 4.69) is 5.10 Å². The summed E-state index contributed by atoms with van der Waals surface area (Å²) in [7, 11) is -3.81. The number of fused-ring (bicyclic) bond motifs is 1. The maximum atomic E-state index is 13.8. The summed E-state index contributed by atoms with van der Waals surface area (Å²) in [5.41, 5.74) is 1.63. The summed E-state index contributed by atoms with van der Waals surface area (Å²) in [4.78, 5) is 20.3. The molecule has 206 valence electrons. The van der Waals surface area contributed by atoms with E-state index in [1.165, 1.54) is 27.8 Å². The maximum absolute atomic E-state index is 13.8. The van der Waals surface area contributed by atoms with E-state index in [1.807, 2.05) is 43.5 Å². The molecule has 0 N–H and O–H groups in total. The fraction of sp³-hybridized carbons (Fsp3) is 0.207. The molecule has 5 rings (SSSR count). The molecule has 0 unspecified atom stereocenters. The number of para-hydroxylation sites is 2. The Morgan fingerprint density at radius 3 is 2.42 bits per heavy atom. The van der Waals surface area contributed by atoms with E-state index in [0.717, 1.165) is 4.70 Å². The molecule has 0 bridgehead atoms. The van der Waals surface area contributed by atoms with E-state index in [1.54, 1.807) is 59.1 Å². The number of hydrogen-bond donors (Lipinski definition) is 0. The fourth-order valence-corrected chi connectivity index (χ4v) is 6.84. The molecule has 0 radical (unpaired) electrons. The van der Waals surface area contributed by atoms with Gasteiger partial charge in [0.05, 0.1) is 28.4 Å². The molecular weight excluding hydrogens is 546 g/mol. The van der Waals surface area contributed by atoms with E-state index >= 15 is 0 Å². The summed E-state index contributed by atoms with van der Waals surface area (Å²) in [5, 5.41) is 4.78. The first-order valence-corrected chi connectivity index (χ1v) is 15.2. The molecule has 0 aliphatic carbocycles. The van der Waals surface area contributed by atoms with Gasteiger partial charge in [0.2, 0.25) is 0 Å². The van der Waals surface area contributed by atoms with Gasteiger partial charge in [0, 0.05) is 31.0 Å². The number of carbonyl (C=O) groups is 1. The lowest BCUT2D eigenvalue weighted by molar-refractivity contribution is 0.0985. The van der Waals surface area contributed by atoms with Gasteiger partial charge in [-0.25, -0.2) is 13.4 Å². The molecule has 2 heterocycles. The van der Waals surface area contributed by atoms with E-state index in [-0.39, 0.29) is 17.3 Å². The van der Waals surface area contributed by atoms with Crippen LogP contribution in [0.5, 0.6) is 5.75 Å². The average Bonchev–Trinajstić information content (AvgIpc) is 3.65. The minimum absolute atomic E-state index is 0.110. The van der Waals surface area contributed by atoms with Crippen molar-refractivity contribution in [3.8, 4) is 5.75 Å². The standard InChI is InChI=1S/C29H29N5O4S2/c1-3-34(23-10-6-5-7-11-23)40(36,37)24-16-14-22(15-17-24)28(35)33(21-20-32-19-9-18-30-32)29-31-27-25(38-4-2)12-8-13-26(27)39-29/h5-19H,3-4,20-21H2,1-2H3. The Labute approximate surface area is 237 Å². The van der Waals surface area contributed by atoms with Crippen LogP contribution in [0.4, 0.5) is 10.8 Å². The van der Waals surface area contributed by atoms with Gasteiger partial charge in [0.15, 0.2) is 5.13 Å². The Balaban J connectivity index is 1.46. The van der Waals surface area contributed by atoms with Crippen molar-refractivity contribution in [2.75, 3.05) is 28.9 Å². The quantitative estimate of drug-likeness (QED) is 0.208. The number of carbonyl (C=O) groups excluding carboxylic acids is 1. The molecule has 3 aromatic carbocycles. The lowest BCUT2D eigenvalue weighted by Crippen LogP contribution is -2.34. The molecule has 0 saturated carbocycles. The Kier molecular flexibility index (Phi) is 8.13. The summed E-state index contributed by atoms with van der Waals surface area (Å²) in [6.07, 6.45) is 3.52. The van der Waals surface area contributed by atoms with Crippen molar-refractivity contribution < 1.29 is 17.9 Å². The lowest BCUT2D eigenvalue weighted by atomic mass is 10.2. The first-order valence-electron chi connectivity index (χ1n) is 12.9. The number of benzene rings is 3. The number of rotatable bonds is 11. The van der Waals surface area contributed by atoms with E-state index < -0.39 is 10.0 Å². The summed E-state index contributed by atoms with van der Waals surface area (Å²) in [6.45, 7) is 5.26. The Morgan fingerprint density at radius 2 is 1.75 bits per heavy atom. The zero-order chi connectivity index (χ0) is 28.1. The smallest absolute Gasteiger partial charge is 0.264 e. The van der Waals surface area contributed by atoms with Crippen LogP contribution < -0.4 is 13.9 Å². The third-order valence-corrected chi connectivity index (χ3v) is 9.24. The zero-order valence-electron chi connectivity index (χ0n) is 22.2. The molecule has 1 amide bonds. The second-order valence-corrected chi connectivity index (χ2v) is 11.7. The molecule has 9 nitrogen and oxygen atoms in total. The highest BCUT2D eigenvalue weighted by Crippen LogP contribution is 2.35. The summed E-state index contributed by atoms with van der Waals surface area (Å²) in [6, 6.07) is 22.5. The van der Waals surface area contributed by atoms with Gasteiger partial charge in [-0.2, -0.15) is 5.10 Å². The van der Waals surface area contributed by atoms with Crippen molar-refractivity contribution in [3.63, 3.8) is 0 Å². The monoisotopic (exact) mass is 575 g/mol. The molecule has 0 aliphatic rings. The minimum Gasteiger partial charge on any atom is -0.492 e. The van der Waals surface area contributed by atoms with Crippen LogP contribution in [0.15, 0.2) is 96.2 Å². The highest BCUT2D eigenvalue weighted by atomic mass is 32.2. The topological polar surface area (TPSA) is 97.6 Å². The Hall–Kier alpha value is -4.22. The second-order valence-electron chi connectivity index (χ2n) is 8.79. The average molecular weight is 576 g/mol. The van der Waals surface area contributed by atoms with Crippen LogP contribution in [0.25, 0.3) is 10.2 Å². The number of anilines is 2. The lowest BCUT2D eigenvalue weighted by Gasteiger charge is -2.23. The molecule has 11 heteroatoms. The van der Waals surface area contributed by atoms with Crippen molar-refractivity contribution in [2.24, 2.45) is 0 Å². The Bertz CT molecular complexity index is 1690. The van der Waals surface area contributed by atoms with Gasteiger partial charge in [-0.05, 0) is 68.4 Å². The van der Waals surface area contributed by atoms with Gasteiger partial charge in [-0.1, -0.05) is 35.6 Å². The van der Waals surface area contributed by atoms with Crippen molar-refractivity contribution in [2.45, 2.75) is 25.3 Å². The first kappa shape index (κ1) is 27.4. The van der Waals surface area contributed by atoms with Crippen molar-refractivity contribution >= 4 is 48.3 Å². The summed E-state index contributed by atoms with van der Waals surface area (Å²) < 4.78 is 36.6. The summed E-state index contributed by atoms with van der Waals surface area (Å²) in [5.74, 6) is 0.374. The maximum Gasteiger partial charge on any atom is 0.264 e. The zero-order valence-corrected chi connectivity index (χ0v) is 23.8. The number of amides is 1. The number of hydrogen-bond acceptors (Lipinski definition) is 7. The van der Waals surface area contributed by atoms with Gasteiger partial charge in [-0.3, -0.25) is 18.7 Å². The molecular formula is C29H29N5O4S2. The number of ether oxygens (including phenoxy) is 1. The van der Waals surface area contributed by atoms with Gasteiger partial charge < -0.3 is 4.74 Å². The fourth-order valence-electron chi connectivity index (χ4n) is 4.36. The minimum atomic E-state index is -3.81. The normalized spacial score (nSPS) is 11.4. The SMILES string of the molecule is CCOc1cccc2sc(N(CCn3cccn3)C(=O)c3ccc(S(=O)(=O)N(CC)c4ccccc4)cc3)nc12. The third kappa shape index (κ3) is 5.56. The predicted octanol–water partition coefficient (Wildman–Crippen LogP) is 5.45. The van der Waals surface area contributed by atoms with Gasteiger partial charge in [0.1, 0.15) is 11.3 Å². The van der Waals surface area contributed by atoms with Crippen LogP contribution in [0.3, 0.4) is 0 Å². The van der Waals surface area contributed by atoms with Crippen molar-refractivity contribution in [3.05, 3.63) is 96.8 Å². The highest BCUT2D eigenvalue weighted by Gasteiger charge is 2.26. The van der Waals surface area contributed by atoms with Gasteiger partial charge in [-0.15, -0.1) is 0 Å². The molecule has 5 aromatic rings. The van der Waals surface area contributed by atoms with Gasteiger partial charge in [0.25, 0.3) is 15.9 Å². The van der Waals surface area contributed by atoms with Gasteiger partial charge >= 0.3 is 0 Å². The first-order chi connectivity index (χ1) is 19.4. The second kappa shape index (κ2) is 11.9. The summed E-state index contributed by atoms with van der Waals surface area (Å²) >= 11 is 1.40. The number of nitrogens with zero attached hydrogens (tertiary/aromatic N) is 5. The highest BCUT2D eigenvalue weighted by molar-refractivity contribution is 7.92. The molecule has 2 aromatic heterocycles. The van der Waals surface area contributed by atoms with E-state index in [9.17, 15) is 13.2 Å². The molecule has 0 spiro atoms. The Morgan fingerprint density at radius 1 is 0.975 bits per heavy atom. The molecule has 0 atom stereocenters. The van der Waals surface area contributed by atoms with E-state index in [0.29, 0.717) is 47.3 Å².